The van der Waals surface area contributed by atoms with E-state index in [4.69, 9.17) is 0 Å². The van der Waals surface area contributed by atoms with E-state index in [0.717, 1.165) is 47.7 Å². The summed E-state index contributed by atoms with van der Waals surface area (Å²) < 4.78 is 0. The maximum atomic E-state index is 12.8. The summed E-state index contributed by atoms with van der Waals surface area (Å²) in [4.78, 5) is 42.0. The molecule has 2 aliphatic heterocycles. The maximum absolute atomic E-state index is 12.8. The molecule has 1 fully saturated rings. The quantitative estimate of drug-likeness (QED) is 0.426. The second-order valence-electron chi connectivity index (χ2n) is 7.90. The summed E-state index contributed by atoms with van der Waals surface area (Å²) in [7, 11) is 0. The number of carbonyl (C=O) groups is 3. The number of amides is 4. The van der Waals surface area contributed by atoms with Gasteiger partial charge in [-0.1, -0.05) is 18.2 Å². The minimum absolute atomic E-state index is 0.0369. The minimum atomic E-state index is -0.157. The fraction of sp³-hybridized carbons (Fsp3) is 0.348. The maximum Gasteiger partial charge on any atom is 0.317 e. The van der Waals surface area contributed by atoms with E-state index in [1.54, 1.807) is 11.0 Å². The SMILES string of the molecule is Cc1[nH]c(C=C2C(=O)Nc3ccccc32)c(C)c1C(=O)NCCCN1CCCNC1=O. The molecule has 0 aliphatic carbocycles. The Morgan fingerprint density at radius 2 is 2.03 bits per heavy atom. The van der Waals surface area contributed by atoms with Crippen LogP contribution in [0.25, 0.3) is 11.6 Å². The summed E-state index contributed by atoms with van der Waals surface area (Å²) in [5.74, 6) is -0.309. The van der Waals surface area contributed by atoms with E-state index in [0.29, 0.717) is 30.6 Å². The van der Waals surface area contributed by atoms with Gasteiger partial charge in [0, 0.05) is 48.8 Å². The lowest BCUT2D eigenvalue weighted by molar-refractivity contribution is -0.110. The first kappa shape index (κ1) is 20.7. The lowest BCUT2D eigenvalue weighted by Crippen LogP contribution is -2.47. The molecule has 1 aromatic heterocycles. The van der Waals surface area contributed by atoms with E-state index in [2.05, 4.69) is 20.9 Å². The number of para-hydroxylation sites is 1. The monoisotopic (exact) mass is 421 g/mol. The molecular formula is C23H27N5O3. The Morgan fingerprint density at radius 3 is 2.84 bits per heavy atom. The minimum Gasteiger partial charge on any atom is -0.358 e. The fourth-order valence-corrected chi connectivity index (χ4v) is 4.14. The average Bonchev–Trinajstić information content (AvgIpc) is 3.22. The second kappa shape index (κ2) is 8.67. The summed E-state index contributed by atoms with van der Waals surface area (Å²) in [5.41, 5.74) is 5.11. The van der Waals surface area contributed by atoms with Gasteiger partial charge < -0.3 is 25.8 Å². The van der Waals surface area contributed by atoms with Crippen molar-refractivity contribution in [2.75, 3.05) is 31.5 Å². The summed E-state index contributed by atoms with van der Waals surface area (Å²) in [6.07, 6.45) is 3.44. The third kappa shape index (κ3) is 4.19. The van der Waals surface area contributed by atoms with E-state index in [1.165, 1.54) is 0 Å². The van der Waals surface area contributed by atoms with Gasteiger partial charge in [-0.3, -0.25) is 9.59 Å². The number of fused-ring (bicyclic) bond motifs is 1. The van der Waals surface area contributed by atoms with E-state index in [-0.39, 0.29) is 17.8 Å². The molecule has 4 N–H and O–H groups in total. The number of hydrogen-bond acceptors (Lipinski definition) is 3. The number of nitrogens with one attached hydrogen (secondary N) is 4. The summed E-state index contributed by atoms with van der Waals surface area (Å²) in [6, 6.07) is 7.51. The van der Waals surface area contributed by atoms with E-state index < -0.39 is 0 Å². The first-order chi connectivity index (χ1) is 15.0. The van der Waals surface area contributed by atoms with Crippen molar-refractivity contribution >= 4 is 35.2 Å². The van der Waals surface area contributed by atoms with Crippen LogP contribution in [0.3, 0.4) is 0 Å². The molecule has 0 spiro atoms. The summed E-state index contributed by atoms with van der Waals surface area (Å²) >= 11 is 0. The molecule has 3 heterocycles. The number of H-pyrrole nitrogens is 1. The highest BCUT2D eigenvalue weighted by Crippen LogP contribution is 2.33. The van der Waals surface area contributed by atoms with Gasteiger partial charge in [0.25, 0.3) is 11.8 Å². The molecule has 162 valence electrons. The van der Waals surface area contributed by atoms with Crippen LogP contribution in [0, 0.1) is 13.8 Å². The number of aromatic nitrogens is 1. The molecule has 0 radical (unpaired) electrons. The Balaban J connectivity index is 1.43. The van der Waals surface area contributed by atoms with Crippen molar-refractivity contribution in [2.24, 2.45) is 0 Å². The number of aromatic amines is 1. The second-order valence-corrected chi connectivity index (χ2v) is 7.90. The van der Waals surface area contributed by atoms with Gasteiger partial charge in [0.1, 0.15) is 0 Å². The van der Waals surface area contributed by atoms with Gasteiger partial charge in [0.2, 0.25) is 0 Å². The van der Waals surface area contributed by atoms with E-state index in [9.17, 15) is 14.4 Å². The lowest BCUT2D eigenvalue weighted by Gasteiger charge is -2.27. The van der Waals surface area contributed by atoms with Gasteiger partial charge in [-0.25, -0.2) is 4.79 Å². The number of carbonyl (C=O) groups excluding carboxylic acids is 3. The van der Waals surface area contributed by atoms with Crippen molar-refractivity contribution in [3.05, 3.63) is 52.3 Å². The van der Waals surface area contributed by atoms with Crippen molar-refractivity contribution in [3.63, 3.8) is 0 Å². The molecule has 0 bridgehead atoms. The number of aryl methyl sites for hydroxylation is 1. The number of hydrogen-bond donors (Lipinski definition) is 4. The predicted octanol–water partition coefficient (Wildman–Crippen LogP) is 2.66. The van der Waals surface area contributed by atoms with Crippen LogP contribution in [-0.4, -0.2) is 53.9 Å². The van der Waals surface area contributed by atoms with Gasteiger partial charge in [-0.05, 0) is 44.4 Å². The molecule has 4 rings (SSSR count). The van der Waals surface area contributed by atoms with Crippen LogP contribution in [-0.2, 0) is 4.79 Å². The molecule has 1 saturated heterocycles. The molecule has 2 aliphatic rings. The zero-order valence-corrected chi connectivity index (χ0v) is 17.8. The molecule has 4 amide bonds. The topological polar surface area (TPSA) is 106 Å². The molecule has 8 nitrogen and oxygen atoms in total. The Hall–Kier alpha value is -3.55. The first-order valence-electron chi connectivity index (χ1n) is 10.6. The average molecular weight is 422 g/mol. The lowest BCUT2D eigenvalue weighted by atomic mass is 10.0. The number of anilines is 1. The van der Waals surface area contributed by atoms with Gasteiger partial charge in [-0.15, -0.1) is 0 Å². The molecule has 0 atom stereocenters. The number of urea groups is 1. The molecule has 0 saturated carbocycles. The Morgan fingerprint density at radius 1 is 1.23 bits per heavy atom. The van der Waals surface area contributed by atoms with Crippen molar-refractivity contribution in [2.45, 2.75) is 26.7 Å². The van der Waals surface area contributed by atoms with Crippen LogP contribution in [0.4, 0.5) is 10.5 Å². The third-order valence-corrected chi connectivity index (χ3v) is 5.76. The van der Waals surface area contributed by atoms with Crippen molar-refractivity contribution in [1.82, 2.24) is 20.5 Å². The smallest absolute Gasteiger partial charge is 0.317 e. The Labute approximate surface area is 181 Å². The molecule has 31 heavy (non-hydrogen) atoms. The van der Waals surface area contributed by atoms with Crippen LogP contribution in [0.1, 0.15) is 45.7 Å². The summed E-state index contributed by atoms with van der Waals surface area (Å²) in [6.45, 7) is 6.31. The number of rotatable bonds is 6. The fourth-order valence-electron chi connectivity index (χ4n) is 4.14. The van der Waals surface area contributed by atoms with Crippen molar-refractivity contribution < 1.29 is 14.4 Å². The largest absolute Gasteiger partial charge is 0.358 e. The van der Waals surface area contributed by atoms with Crippen LogP contribution < -0.4 is 16.0 Å². The number of benzene rings is 1. The Kier molecular flexibility index (Phi) is 5.79. The standard InChI is InChI=1S/C23H27N5O3/c1-14-19(13-17-16-7-3-4-8-18(16)27-21(17)29)26-15(2)20(14)22(30)24-9-5-11-28-12-6-10-25-23(28)31/h3-4,7-8,13,26H,5-6,9-12H2,1-2H3,(H,24,30)(H,25,31)(H,27,29). The molecule has 8 heteroatoms. The van der Waals surface area contributed by atoms with E-state index in [1.807, 2.05) is 38.1 Å². The van der Waals surface area contributed by atoms with Gasteiger partial charge >= 0.3 is 6.03 Å². The van der Waals surface area contributed by atoms with Crippen LogP contribution >= 0.6 is 0 Å². The highest BCUT2D eigenvalue weighted by molar-refractivity contribution is 6.34. The van der Waals surface area contributed by atoms with E-state index >= 15 is 0 Å². The highest BCUT2D eigenvalue weighted by Gasteiger charge is 2.25. The highest BCUT2D eigenvalue weighted by atomic mass is 16.2. The third-order valence-electron chi connectivity index (χ3n) is 5.76. The molecule has 1 aromatic carbocycles. The van der Waals surface area contributed by atoms with Crippen molar-refractivity contribution in [1.29, 1.82) is 0 Å². The van der Waals surface area contributed by atoms with Gasteiger partial charge in [0.05, 0.1) is 11.1 Å². The van der Waals surface area contributed by atoms with Crippen LogP contribution in [0.2, 0.25) is 0 Å². The summed E-state index contributed by atoms with van der Waals surface area (Å²) in [5, 5.41) is 8.64. The number of nitrogens with zero attached hydrogens (tertiary/aromatic N) is 1. The van der Waals surface area contributed by atoms with Crippen LogP contribution in [0.15, 0.2) is 24.3 Å². The first-order valence-corrected chi connectivity index (χ1v) is 10.6. The van der Waals surface area contributed by atoms with Gasteiger partial charge in [-0.2, -0.15) is 0 Å². The van der Waals surface area contributed by atoms with Crippen molar-refractivity contribution in [3.8, 4) is 0 Å². The molecule has 2 aromatic rings. The van der Waals surface area contributed by atoms with Crippen LogP contribution in [0.5, 0.6) is 0 Å². The predicted molar refractivity (Wildman–Crippen MR) is 120 cm³/mol. The zero-order valence-electron chi connectivity index (χ0n) is 17.8. The normalized spacial score (nSPS) is 16.8. The Bertz CT molecular complexity index is 1070. The molecular weight excluding hydrogens is 394 g/mol. The zero-order chi connectivity index (χ0) is 22.0. The molecule has 0 unspecified atom stereocenters. The van der Waals surface area contributed by atoms with Gasteiger partial charge in [0.15, 0.2) is 0 Å².